The van der Waals surface area contributed by atoms with E-state index in [2.05, 4.69) is 40.5 Å². The number of rotatable bonds is 18. The Hall–Kier alpha value is -9.24. The summed E-state index contributed by atoms with van der Waals surface area (Å²) in [5.74, 6) is -5.01. The van der Waals surface area contributed by atoms with Crippen LogP contribution in [0.15, 0.2) is 96.2 Å². The van der Waals surface area contributed by atoms with Crippen LogP contribution >= 0.6 is 22.7 Å². The standard InChI is InChI=1S/C53H48N12O12S2/c66-21-11-54-46(70)34-27-78-48(60-34)42-40-38(32(23-56-40)44(68)52(74)64-17-13-62(14-18-64)50(72)30-7-3-1-4-8-30)36(25-58-42)76-29-77-37-26-59-43(49-61-35(28-79-49)47(71)55-12-22-67)41-39(37)33(24-57-41)45(69)53(75)65-19-15-63(16-20-65)51(73)31-9-5-2-6-10-31/h1-10,23-28,56-57,66-67H,11-22,29H2,(H,54,70)(H,55,71). The van der Waals surface area contributed by atoms with Crippen molar-refractivity contribution in [2.45, 2.75) is 0 Å². The largest absolute Gasteiger partial charge is 0.455 e. The summed E-state index contributed by atoms with van der Waals surface area (Å²) in [5.41, 5.74) is 1.74. The molecule has 8 heterocycles. The van der Waals surface area contributed by atoms with E-state index in [0.717, 1.165) is 22.7 Å². The van der Waals surface area contributed by atoms with Crippen LogP contribution < -0.4 is 20.1 Å². The van der Waals surface area contributed by atoms with E-state index in [0.29, 0.717) is 11.1 Å². The maximum absolute atomic E-state index is 14.4. The van der Waals surface area contributed by atoms with Crippen LogP contribution in [-0.4, -0.2) is 192 Å². The molecule has 0 atom stereocenters. The molecule has 0 aliphatic carbocycles. The monoisotopic (exact) mass is 1110 g/mol. The first-order valence-corrected chi connectivity index (χ1v) is 26.5. The summed E-state index contributed by atoms with van der Waals surface area (Å²) in [4.78, 5) is 139. The molecular weight excluding hydrogens is 1060 g/mol. The van der Waals surface area contributed by atoms with Crippen molar-refractivity contribution in [1.29, 1.82) is 0 Å². The number of aromatic amines is 2. The number of piperazine rings is 2. The van der Waals surface area contributed by atoms with Gasteiger partial charge in [0.15, 0.2) is 11.5 Å². The number of ether oxygens (including phenoxy) is 2. The molecule has 0 saturated carbocycles. The van der Waals surface area contributed by atoms with E-state index in [4.69, 9.17) is 9.47 Å². The number of fused-ring (bicyclic) bond motifs is 2. The van der Waals surface area contributed by atoms with Gasteiger partial charge in [-0.25, -0.2) is 19.9 Å². The average molecular weight is 1110 g/mol. The maximum Gasteiger partial charge on any atom is 0.295 e. The number of aromatic nitrogens is 6. The number of hydrogen-bond acceptors (Lipinski definition) is 18. The Morgan fingerprint density at radius 3 is 1.30 bits per heavy atom. The summed E-state index contributed by atoms with van der Waals surface area (Å²) >= 11 is 2.16. The van der Waals surface area contributed by atoms with Gasteiger partial charge in [0.2, 0.25) is 6.79 Å². The lowest BCUT2D eigenvalue weighted by molar-refractivity contribution is -0.128. The normalized spacial score (nSPS) is 13.6. The van der Waals surface area contributed by atoms with Crippen LogP contribution in [0.5, 0.6) is 11.5 Å². The summed E-state index contributed by atoms with van der Waals surface area (Å²) in [7, 11) is 0. The van der Waals surface area contributed by atoms with Crippen molar-refractivity contribution in [2.24, 2.45) is 0 Å². The summed E-state index contributed by atoms with van der Waals surface area (Å²) in [6.45, 7) is -0.106. The van der Waals surface area contributed by atoms with E-state index >= 15 is 0 Å². The summed E-state index contributed by atoms with van der Waals surface area (Å²) in [5, 5.41) is 27.3. The van der Waals surface area contributed by atoms with Crippen LogP contribution in [0, 0.1) is 0 Å². The van der Waals surface area contributed by atoms with E-state index in [1.165, 1.54) is 45.3 Å². The van der Waals surface area contributed by atoms with Crippen LogP contribution in [0.1, 0.15) is 62.4 Å². The topological polar surface area (TPSA) is 316 Å². The molecule has 10 rings (SSSR count). The molecule has 8 aromatic rings. The molecule has 0 unspecified atom stereocenters. The maximum atomic E-state index is 14.4. The van der Waals surface area contributed by atoms with Gasteiger partial charge in [0.25, 0.3) is 47.0 Å². The Balaban J connectivity index is 0.939. The first-order chi connectivity index (χ1) is 38.4. The van der Waals surface area contributed by atoms with Gasteiger partial charge in [0.1, 0.15) is 32.8 Å². The third-order valence-corrected chi connectivity index (χ3v) is 14.8. The lowest BCUT2D eigenvalue weighted by atomic mass is 10.1. The predicted molar refractivity (Wildman–Crippen MR) is 286 cm³/mol. The SMILES string of the molecule is O=C(NCCO)c1csc(-c2ncc(OCOc3cnc(-c4nc(C(=O)NCCO)cs4)c4[nH]cc(C(=O)C(=O)N5CCN(C(=O)c6ccccc6)CC5)c34)c3c(C(=O)C(=O)N4CCN(C(=O)c5ccccc5)CC4)c[nH]c23)n1. The van der Waals surface area contributed by atoms with Crippen LogP contribution in [0.25, 0.3) is 43.2 Å². The fourth-order valence-electron chi connectivity index (χ4n) is 9.06. The lowest BCUT2D eigenvalue weighted by Crippen LogP contribution is -2.52. The van der Waals surface area contributed by atoms with Gasteiger partial charge in [0, 0.05) is 99.7 Å². The second-order valence-corrected chi connectivity index (χ2v) is 19.6. The van der Waals surface area contributed by atoms with Crippen molar-refractivity contribution in [3.8, 4) is 32.9 Å². The van der Waals surface area contributed by atoms with E-state index in [9.17, 15) is 48.6 Å². The zero-order valence-corrected chi connectivity index (χ0v) is 43.4. The van der Waals surface area contributed by atoms with Gasteiger partial charge in [0.05, 0.1) is 58.5 Å². The number of nitrogens with zero attached hydrogens (tertiary/aromatic N) is 8. The number of H-pyrrole nitrogens is 2. The van der Waals surface area contributed by atoms with Gasteiger partial charge >= 0.3 is 0 Å². The lowest BCUT2D eigenvalue weighted by Gasteiger charge is -2.34. The summed E-state index contributed by atoms with van der Waals surface area (Å²) in [6, 6.07) is 17.5. The van der Waals surface area contributed by atoms with Crippen LogP contribution in [-0.2, 0) is 9.59 Å². The Bertz CT molecular complexity index is 3400. The molecule has 26 heteroatoms. The van der Waals surface area contributed by atoms with E-state index < -0.39 is 42.0 Å². The number of carbonyl (C=O) groups excluding carboxylic acids is 8. The molecule has 6 amide bonds. The number of nitrogens with one attached hydrogen (secondary N) is 4. The molecule has 2 aliphatic rings. The Morgan fingerprint density at radius 1 is 0.544 bits per heavy atom. The highest BCUT2D eigenvalue weighted by atomic mass is 32.1. The number of aliphatic hydroxyl groups is 2. The van der Waals surface area contributed by atoms with E-state index in [1.54, 1.807) is 70.5 Å². The minimum absolute atomic E-state index is 0.000593. The van der Waals surface area contributed by atoms with E-state index in [1.807, 2.05) is 0 Å². The van der Waals surface area contributed by atoms with Gasteiger partial charge in [-0.15, -0.1) is 22.7 Å². The molecule has 6 aromatic heterocycles. The molecule has 2 aliphatic heterocycles. The highest BCUT2D eigenvalue weighted by Crippen LogP contribution is 2.39. The number of thiazole rings is 2. The molecule has 404 valence electrons. The molecule has 0 radical (unpaired) electrons. The molecule has 6 N–H and O–H groups in total. The van der Waals surface area contributed by atoms with Crippen LogP contribution in [0.2, 0.25) is 0 Å². The predicted octanol–water partition coefficient (Wildman–Crippen LogP) is 2.88. The molecule has 79 heavy (non-hydrogen) atoms. The molecule has 0 bridgehead atoms. The molecule has 2 fully saturated rings. The number of aliphatic hydroxyl groups excluding tert-OH is 2. The second kappa shape index (κ2) is 23.6. The summed E-state index contributed by atoms with van der Waals surface area (Å²) in [6.07, 6.45) is 5.26. The minimum Gasteiger partial charge on any atom is -0.455 e. The van der Waals surface area contributed by atoms with Crippen molar-refractivity contribution >= 4 is 91.5 Å². The quantitative estimate of drug-likeness (QED) is 0.0409. The summed E-state index contributed by atoms with van der Waals surface area (Å²) < 4.78 is 12.5. The fourth-order valence-corrected chi connectivity index (χ4v) is 10.7. The van der Waals surface area contributed by atoms with Gasteiger partial charge in [-0.2, -0.15) is 0 Å². The molecule has 0 spiro atoms. The molecule has 2 aromatic carbocycles. The van der Waals surface area contributed by atoms with Crippen molar-refractivity contribution in [3.05, 3.63) is 130 Å². The van der Waals surface area contributed by atoms with E-state index in [-0.39, 0.29) is 168 Å². The highest BCUT2D eigenvalue weighted by molar-refractivity contribution is 7.13. The average Bonchev–Trinajstić information content (AvgIpc) is 4.40. The van der Waals surface area contributed by atoms with Crippen molar-refractivity contribution in [3.63, 3.8) is 0 Å². The fraction of sp³-hybridized carbons (Fsp3) is 0.245. The van der Waals surface area contributed by atoms with Crippen molar-refractivity contribution < 1.29 is 58.0 Å². The molecule has 24 nitrogen and oxygen atoms in total. The van der Waals surface area contributed by atoms with Gasteiger partial charge in [-0.05, 0) is 24.3 Å². The third-order valence-electron chi connectivity index (χ3n) is 13.1. The Morgan fingerprint density at radius 2 is 0.924 bits per heavy atom. The third kappa shape index (κ3) is 11.0. The zero-order valence-electron chi connectivity index (χ0n) is 41.8. The first-order valence-electron chi connectivity index (χ1n) is 24.8. The van der Waals surface area contributed by atoms with Crippen LogP contribution in [0.3, 0.4) is 0 Å². The molecule has 2 saturated heterocycles. The van der Waals surface area contributed by atoms with Gasteiger partial charge < -0.3 is 59.9 Å². The number of Topliss-reactive ketones (excluding diaryl/α,β-unsaturated/α-hetero) is 2. The number of ketones is 2. The number of hydrogen-bond donors (Lipinski definition) is 6. The Kier molecular flexibility index (Phi) is 15.9. The van der Waals surface area contributed by atoms with Crippen LogP contribution in [0.4, 0.5) is 0 Å². The highest BCUT2D eigenvalue weighted by Gasteiger charge is 2.34. The first kappa shape index (κ1) is 53.2. The van der Waals surface area contributed by atoms with Gasteiger partial charge in [-0.3, -0.25) is 38.4 Å². The van der Waals surface area contributed by atoms with Crippen molar-refractivity contribution in [1.82, 2.24) is 60.1 Å². The zero-order chi connectivity index (χ0) is 55.2. The van der Waals surface area contributed by atoms with Gasteiger partial charge in [-0.1, -0.05) is 36.4 Å². The number of amides is 6. The molecular formula is C53H48N12O12S2. The smallest absolute Gasteiger partial charge is 0.295 e. The second-order valence-electron chi connectivity index (χ2n) is 17.8. The minimum atomic E-state index is -0.901. The van der Waals surface area contributed by atoms with Crippen molar-refractivity contribution in [2.75, 3.05) is 85.5 Å². The number of carbonyl (C=O) groups is 8. The number of pyridine rings is 2. The Labute approximate surface area is 456 Å². The number of benzene rings is 2.